The highest BCUT2D eigenvalue weighted by molar-refractivity contribution is 5.67. The number of anilines is 5. The first-order valence-electron chi connectivity index (χ1n) is 12.0. The van der Waals surface area contributed by atoms with Crippen LogP contribution in [0.5, 0.6) is 5.75 Å². The van der Waals surface area contributed by atoms with E-state index in [4.69, 9.17) is 0 Å². The lowest BCUT2D eigenvalue weighted by Gasteiger charge is -2.22. The maximum atomic E-state index is 9.41. The third-order valence-electron chi connectivity index (χ3n) is 6.02. The Balaban J connectivity index is 1.12. The maximum absolute atomic E-state index is 9.41. The van der Waals surface area contributed by atoms with Gasteiger partial charge in [0.2, 0.25) is 0 Å². The van der Waals surface area contributed by atoms with Gasteiger partial charge in [0.25, 0.3) is 0 Å². The van der Waals surface area contributed by atoms with Crippen LogP contribution < -0.4 is 21.3 Å². The van der Waals surface area contributed by atoms with Crippen molar-refractivity contribution < 1.29 is 5.11 Å². The Labute approximate surface area is 206 Å². The van der Waals surface area contributed by atoms with E-state index < -0.39 is 0 Å². The average molecular weight is 463 g/mol. The van der Waals surface area contributed by atoms with Gasteiger partial charge in [0, 0.05) is 45.9 Å². The molecule has 35 heavy (non-hydrogen) atoms. The third-order valence-corrected chi connectivity index (χ3v) is 6.02. The van der Waals surface area contributed by atoms with Crippen molar-refractivity contribution in [1.82, 2.24) is 5.32 Å². The smallest absolute Gasteiger partial charge is 0.115 e. The molecule has 0 saturated heterocycles. The van der Waals surface area contributed by atoms with Crippen LogP contribution >= 0.6 is 0 Å². The minimum absolute atomic E-state index is 0.260. The van der Waals surface area contributed by atoms with Crippen molar-refractivity contribution in [2.24, 2.45) is 0 Å². The van der Waals surface area contributed by atoms with Crippen LogP contribution in [0.2, 0.25) is 0 Å². The number of aromatic hydroxyl groups is 1. The molecule has 0 aliphatic heterocycles. The summed E-state index contributed by atoms with van der Waals surface area (Å²) in [5, 5.41) is 23.3. The number of benzene rings is 3. The zero-order chi connectivity index (χ0) is 23.9. The highest BCUT2D eigenvalue weighted by Gasteiger charge is 2.11. The van der Waals surface area contributed by atoms with Gasteiger partial charge in [0.1, 0.15) is 5.75 Å². The van der Waals surface area contributed by atoms with Crippen molar-refractivity contribution in [2.45, 2.75) is 25.3 Å². The predicted octanol–water partition coefficient (Wildman–Crippen LogP) is 7.33. The Morgan fingerprint density at radius 3 is 1.54 bits per heavy atom. The van der Waals surface area contributed by atoms with Crippen LogP contribution in [-0.2, 0) is 0 Å². The lowest BCUT2D eigenvalue weighted by molar-refractivity contribution is 0.475. The summed E-state index contributed by atoms with van der Waals surface area (Å²) in [5.41, 5.74) is 7.58. The molecule has 5 nitrogen and oxygen atoms in total. The molecule has 2 aliphatic carbocycles. The normalized spacial score (nSPS) is 16.7. The molecule has 1 atom stereocenters. The maximum Gasteiger partial charge on any atom is 0.115 e. The van der Waals surface area contributed by atoms with Crippen LogP contribution in [0.4, 0.5) is 28.4 Å². The molecule has 0 fully saturated rings. The first kappa shape index (κ1) is 22.4. The van der Waals surface area contributed by atoms with Gasteiger partial charge in [0.15, 0.2) is 0 Å². The van der Waals surface area contributed by atoms with Crippen LogP contribution in [0.25, 0.3) is 0 Å². The lowest BCUT2D eigenvalue weighted by atomic mass is 10.0. The molecular formula is C30H30N4O. The fourth-order valence-corrected chi connectivity index (χ4v) is 4.12. The second-order valence-electron chi connectivity index (χ2n) is 8.76. The topological polar surface area (TPSA) is 68.3 Å². The van der Waals surface area contributed by atoms with Gasteiger partial charge in [-0.15, -0.1) is 0 Å². The van der Waals surface area contributed by atoms with E-state index in [0.717, 1.165) is 47.7 Å². The van der Waals surface area contributed by atoms with Gasteiger partial charge in [0.05, 0.1) is 0 Å². The molecule has 0 amide bonds. The van der Waals surface area contributed by atoms with Crippen LogP contribution in [0.15, 0.2) is 121 Å². The van der Waals surface area contributed by atoms with Gasteiger partial charge in [-0.25, -0.2) is 0 Å². The highest BCUT2D eigenvalue weighted by atomic mass is 16.3. The van der Waals surface area contributed by atoms with Gasteiger partial charge in [-0.05, 0) is 104 Å². The van der Waals surface area contributed by atoms with Gasteiger partial charge >= 0.3 is 0 Å². The summed E-state index contributed by atoms with van der Waals surface area (Å²) in [6.07, 6.45) is 16.1. The van der Waals surface area contributed by atoms with E-state index >= 15 is 0 Å². The monoisotopic (exact) mass is 462 g/mol. The number of hydrogen-bond acceptors (Lipinski definition) is 5. The second kappa shape index (κ2) is 10.7. The standard InChI is InChI=1S/C30H30N4O/c35-30-20-18-29(19-21-30)34-28-16-14-27(15-17-28)33-26-12-10-25(11-13-26)32-24-8-6-23(7-9-24)31-22-4-2-1-3-5-22/h1-4,6,8,10-22,31-35H,5,7,9H2. The van der Waals surface area contributed by atoms with E-state index in [-0.39, 0.29) is 5.75 Å². The van der Waals surface area contributed by atoms with E-state index in [0.29, 0.717) is 6.04 Å². The summed E-state index contributed by atoms with van der Waals surface area (Å²) in [5.74, 6) is 0.260. The van der Waals surface area contributed by atoms with Crippen molar-refractivity contribution >= 4 is 28.4 Å². The minimum Gasteiger partial charge on any atom is -0.508 e. The molecule has 0 bridgehead atoms. The fourth-order valence-electron chi connectivity index (χ4n) is 4.12. The fraction of sp³-hybridized carbons (Fsp3) is 0.133. The summed E-state index contributed by atoms with van der Waals surface area (Å²) in [6.45, 7) is 0. The van der Waals surface area contributed by atoms with Crippen LogP contribution in [-0.4, -0.2) is 11.1 Å². The van der Waals surface area contributed by atoms with Gasteiger partial charge < -0.3 is 26.4 Å². The number of nitrogens with one attached hydrogen (secondary N) is 4. The molecular weight excluding hydrogens is 432 g/mol. The molecule has 3 aromatic carbocycles. The SMILES string of the molecule is Oc1ccc(Nc2ccc(Nc3ccc(NC4=CC=C(NC5C=CC=CC5)CC4)cc3)cc2)cc1. The summed E-state index contributed by atoms with van der Waals surface area (Å²) in [4.78, 5) is 0. The number of hydrogen-bond donors (Lipinski definition) is 5. The first-order chi connectivity index (χ1) is 17.2. The minimum atomic E-state index is 0.260. The molecule has 0 spiro atoms. The summed E-state index contributed by atoms with van der Waals surface area (Å²) < 4.78 is 0. The van der Waals surface area contributed by atoms with Crippen LogP contribution in [0.3, 0.4) is 0 Å². The Kier molecular flexibility index (Phi) is 6.85. The number of phenolic OH excluding ortho intramolecular Hbond substituents is 1. The van der Waals surface area contributed by atoms with Crippen molar-refractivity contribution in [1.29, 1.82) is 0 Å². The molecule has 0 aromatic heterocycles. The van der Waals surface area contributed by atoms with E-state index in [1.54, 1.807) is 12.1 Å². The van der Waals surface area contributed by atoms with Crippen molar-refractivity contribution in [2.75, 3.05) is 16.0 Å². The van der Waals surface area contributed by atoms with Crippen LogP contribution in [0.1, 0.15) is 19.3 Å². The molecule has 5 N–H and O–H groups in total. The zero-order valence-electron chi connectivity index (χ0n) is 19.5. The van der Waals surface area contributed by atoms with Gasteiger partial charge in [-0.1, -0.05) is 24.3 Å². The number of phenols is 1. The molecule has 1 unspecified atom stereocenters. The number of rotatable bonds is 8. The average Bonchev–Trinajstić information content (AvgIpc) is 2.89. The van der Waals surface area contributed by atoms with E-state index in [1.807, 2.05) is 36.4 Å². The Bertz CT molecular complexity index is 1250. The highest BCUT2D eigenvalue weighted by Crippen LogP contribution is 2.25. The predicted molar refractivity (Wildman–Crippen MR) is 146 cm³/mol. The number of allylic oxidation sites excluding steroid dienone is 6. The van der Waals surface area contributed by atoms with Gasteiger partial charge in [-0.2, -0.15) is 0 Å². The second-order valence-corrected chi connectivity index (χ2v) is 8.76. The quantitative estimate of drug-likeness (QED) is 0.227. The van der Waals surface area contributed by atoms with E-state index in [9.17, 15) is 5.11 Å². The molecule has 2 aliphatic rings. The third kappa shape index (κ3) is 6.36. The first-order valence-corrected chi connectivity index (χ1v) is 12.0. The molecule has 176 valence electrons. The van der Waals surface area contributed by atoms with E-state index in [1.165, 1.54) is 11.4 Å². The van der Waals surface area contributed by atoms with Gasteiger partial charge in [-0.3, -0.25) is 0 Å². The van der Waals surface area contributed by atoms with Crippen molar-refractivity contribution in [3.05, 3.63) is 121 Å². The summed E-state index contributed by atoms with van der Waals surface area (Å²) >= 11 is 0. The van der Waals surface area contributed by atoms with Crippen molar-refractivity contribution in [3.8, 4) is 5.75 Å². The Morgan fingerprint density at radius 1 is 0.571 bits per heavy atom. The summed E-state index contributed by atoms with van der Waals surface area (Å²) in [6, 6.07) is 23.9. The lowest BCUT2D eigenvalue weighted by Crippen LogP contribution is -2.27. The largest absolute Gasteiger partial charge is 0.508 e. The van der Waals surface area contributed by atoms with E-state index in [2.05, 4.69) is 82.0 Å². The zero-order valence-corrected chi connectivity index (χ0v) is 19.5. The molecule has 3 aromatic rings. The Hall–Kier alpha value is -4.38. The summed E-state index contributed by atoms with van der Waals surface area (Å²) in [7, 11) is 0. The van der Waals surface area contributed by atoms with Crippen molar-refractivity contribution in [3.63, 3.8) is 0 Å². The molecule has 5 rings (SSSR count). The molecule has 0 heterocycles. The molecule has 0 radical (unpaired) electrons. The molecule has 0 saturated carbocycles. The van der Waals surface area contributed by atoms with Crippen LogP contribution in [0, 0.1) is 0 Å². The Morgan fingerprint density at radius 2 is 1.06 bits per heavy atom. The molecule has 5 heteroatoms.